The maximum absolute atomic E-state index is 10.8. The third kappa shape index (κ3) is 9.81. The Morgan fingerprint density at radius 1 is 1.42 bits per heavy atom. The van der Waals surface area contributed by atoms with E-state index < -0.39 is 13.8 Å². The first-order valence-electron chi connectivity index (χ1n) is 5.86. The normalized spacial score (nSPS) is 13.9. The second-order valence-corrected chi connectivity index (χ2v) is 6.31. The molecule has 1 unspecified atom stereocenters. The van der Waals surface area contributed by atoms with Crippen molar-refractivity contribution in [3.8, 4) is 0 Å². The van der Waals surface area contributed by atoms with Gasteiger partial charge in [0.1, 0.15) is 12.6 Å². The van der Waals surface area contributed by atoms with Crippen molar-refractivity contribution in [1.29, 1.82) is 0 Å². The lowest BCUT2D eigenvalue weighted by Crippen LogP contribution is -2.47. The van der Waals surface area contributed by atoms with Crippen LogP contribution in [0, 0.1) is 0 Å². The third-order valence-corrected chi connectivity index (χ3v) is 3.11. The van der Waals surface area contributed by atoms with Gasteiger partial charge in [-0.15, -0.1) is 0 Å². The van der Waals surface area contributed by atoms with E-state index in [0.717, 1.165) is 6.08 Å². The molecule has 0 aromatic carbocycles. The van der Waals surface area contributed by atoms with Crippen LogP contribution in [0.1, 0.15) is 12.8 Å². The van der Waals surface area contributed by atoms with Gasteiger partial charge in [0, 0.05) is 12.5 Å². The molecule has 0 heterocycles. The topological polar surface area (TPSA) is 93.1 Å². The highest BCUT2D eigenvalue weighted by Crippen LogP contribution is 2.36. The second kappa shape index (κ2) is 7.77. The van der Waals surface area contributed by atoms with Crippen LogP contribution in [-0.2, 0) is 18.6 Å². The SMILES string of the molecule is C=CC(=O)OCCCC(COP(=O)(O)O)[N+](C)(C)C. The molecule has 2 N–H and O–H groups in total. The van der Waals surface area contributed by atoms with E-state index >= 15 is 0 Å². The number of phosphoric acid groups is 1. The summed E-state index contributed by atoms with van der Waals surface area (Å²) in [5, 5.41) is 0. The van der Waals surface area contributed by atoms with E-state index in [9.17, 15) is 9.36 Å². The zero-order valence-electron chi connectivity index (χ0n) is 11.6. The molecule has 0 spiro atoms. The van der Waals surface area contributed by atoms with Gasteiger partial charge in [0.15, 0.2) is 0 Å². The van der Waals surface area contributed by atoms with E-state index in [-0.39, 0.29) is 19.3 Å². The first-order chi connectivity index (χ1) is 8.56. The van der Waals surface area contributed by atoms with Crippen molar-refractivity contribution in [3.63, 3.8) is 0 Å². The number of hydrogen-bond donors (Lipinski definition) is 2. The molecule has 0 aromatic rings. The highest BCUT2D eigenvalue weighted by molar-refractivity contribution is 7.46. The summed E-state index contributed by atoms with van der Waals surface area (Å²) in [6.07, 6.45) is 2.30. The molecule has 0 saturated heterocycles. The van der Waals surface area contributed by atoms with Crippen LogP contribution in [-0.4, -0.2) is 60.6 Å². The minimum Gasteiger partial charge on any atom is -0.463 e. The molecule has 0 amide bonds. The summed E-state index contributed by atoms with van der Waals surface area (Å²) in [4.78, 5) is 28.3. The fourth-order valence-corrected chi connectivity index (χ4v) is 1.79. The summed E-state index contributed by atoms with van der Waals surface area (Å²) in [5.74, 6) is -0.478. The maximum Gasteiger partial charge on any atom is 0.469 e. The minimum absolute atomic E-state index is 0.0524. The molecular weight excluding hydrogens is 273 g/mol. The Bertz CT molecular complexity index is 346. The Hall–Kier alpha value is -0.720. The minimum atomic E-state index is -4.46. The Morgan fingerprint density at radius 3 is 2.42 bits per heavy atom. The number of quaternary nitrogens is 1. The summed E-state index contributed by atoms with van der Waals surface area (Å²) in [5.41, 5.74) is 0. The zero-order chi connectivity index (χ0) is 15.1. The number of esters is 1. The fraction of sp³-hybridized carbons (Fsp3) is 0.727. The number of likely N-dealkylation sites (N-methyl/N-ethyl adjacent to an activating group) is 1. The average molecular weight is 296 g/mol. The summed E-state index contributed by atoms with van der Waals surface area (Å²) in [6.45, 7) is 3.48. The fourth-order valence-electron chi connectivity index (χ4n) is 1.43. The average Bonchev–Trinajstić information content (AvgIpc) is 2.24. The molecule has 112 valence electrons. The predicted octanol–water partition coefficient (Wildman–Crippen LogP) is 0.680. The molecule has 0 aromatic heterocycles. The molecular formula is C11H23NO6P+. The van der Waals surface area contributed by atoms with Gasteiger partial charge < -0.3 is 19.0 Å². The van der Waals surface area contributed by atoms with Crippen molar-refractivity contribution in [3.05, 3.63) is 12.7 Å². The van der Waals surface area contributed by atoms with Gasteiger partial charge >= 0.3 is 13.8 Å². The van der Waals surface area contributed by atoms with Crippen molar-refractivity contribution in [1.82, 2.24) is 0 Å². The maximum atomic E-state index is 10.8. The number of nitrogens with zero attached hydrogens (tertiary/aromatic N) is 1. The van der Waals surface area contributed by atoms with Crippen molar-refractivity contribution >= 4 is 13.8 Å². The summed E-state index contributed by atoms with van der Waals surface area (Å²) >= 11 is 0. The number of phosphoric ester groups is 1. The molecule has 0 rings (SSSR count). The molecule has 8 heteroatoms. The van der Waals surface area contributed by atoms with Crippen LogP contribution in [0.4, 0.5) is 0 Å². The van der Waals surface area contributed by atoms with Crippen LogP contribution in [0.3, 0.4) is 0 Å². The Morgan fingerprint density at radius 2 is 2.00 bits per heavy atom. The Balaban J connectivity index is 4.19. The van der Waals surface area contributed by atoms with Crippen molar-refractivity contribution in [2.75, 3.05) is 34.4 Å². The van der Waals surface area contributed by atoms with Crippen molar-refractivity contribution < 1.29 is 32.9 Å². The van der Waals surface area contributed by atoms with Crippen LogP contribution in [0.15, 0.2) is 12.7 Å². The van der Waals surface area contributed by atoms with Gasteiger partial charge in [-0.05, 0) is 6.42 Å². The van der Waals surface area contributed by atoms with Crippen LogP contribution in [0.5, 0.6) is 0 Å². The lowest BCUT2D eigenvalue weighted by Gasteiger charge is -2.34. The van der Waals surface area contributed by atoms with Crippen LogP contribution < -0.4 is 0 Å². The summed E-state index contributed by atoms with van der Waals surface area (Å²) < 4.78 is 20.6. The third-order valence-electron chi connectivity index (χ3n) is 2.62. The standard InChI is InChI=1S/C11H22NO6P/c1-5-11(13)17-8-6-7-10(12(2,3)4)9-18-19(14,15)16/h5,10H,1,6-9H2,2-4H3,(H-,14,15,16)/p+1. The monoisotopic (exact) mass is 296 g/mol. The Labute approximate surface area is 113 Å². The van der Waals surface area contributed by atoms with Crippen molar-refractivity contribution in [2.24, 2.45) is 0 Å². The smallest absolute Gasteiger partial charge is 0.463 e. The van der Waals surface area contributed by atoms with E-state index in [2.05, 4.69) is 11.1 Å². The van der Waals surface area contributed by atoms with Crippen molar-refractivity contribution in [2.45, 2.75) is 18.9 Å². The molecule has 0 fully saturated rings. The van der Waals surface area contributed by atoms with Gasteiger partial charge in [0.2, 0.25) is 0 Å². The number of hydrogen-bond acceptors (Lipinski definition) is 4. The molecule has 0 bridgehead atoms. The molecule has 0 saturated carbocycles. The van der Waals surface area contributed by atoms with E-state index in [1.165, 1.54) is 0 Å². The van der Waals surface area contributed by atoms with E-state index in [4.69, 9.17) is 14.5 Å². The second-order valence-electron chi connectivity index (χ2n) is 5.07. The lowest BCUT2D eigenvalue weighted by molar-refractivity contribution is -0.896. The van der Waals surface area contributed by atoms with Crippen LogP contribution in [0.2, 0.25) is 0 Å². The first-order valence-corrected chi connectivity index (χ1v) is 7.39. The van der Waals surface area contributed by atoms with E-state index in [0.29, 0.717) is 17.3 Å². The zero-order valence-corrected chi connectivity index (χ0v) is 12.5. The van der Waals surface area contributed by atoms with E-state index in [1.807, 2.05) is 21.1 Å². The largest absolute Gasteiger partial charge is 0.469 e. The molecule has 0 aliphatic heterocycles. The quantitative estimate of drug-likeness (QED) is 0.214. The van der Waals surface area contributed by atoms with Gasteiger partial charge in [-0.3, -0.25) is 4.52 Å². The molecule has 19 heavy (non-hydrogen) atoms. The molecule has 1 atom stereocenters. The van der Waals surface area contributed by atoms with Crippen LogP contribution in [0.25, 0.3) is 0 Å². The summed E-state index contributed by atoms with van der Waals surface area (Å²) in [6, 6.07) is -0.102. The highest BCUT2D eigenvalue weighted by Gasteiger charge is 2.27. The number of carbonyl (C=O) groups is 1. The molecule has 0 aliphatic carbocycles. The van der Waals surface area contributed by atoms with Gasteiger partial charge in [-0.1, -0.05) is 6.58 Å². The first kappa shape index (κ1) is 18.3. The van der Waals surface area contributed by atoms with Gasteiger partial charge in [0.05, 0.1) is 27.7 Å². The van der Waals surface area contributed by atoms with Gasteiger partial charge in [-0.2, -0.15) is 0 Å². The molecule has 0 aliphatic rings. The number of ether oxygens (including phenoxy) is 1. The highest BCUT2D eigenvalue weighted by atomic mass is 31.2. The van der Waals surface area contributed by atoms with E-state index in [1.54, 1.807) is 0 Å². The van der Waals surface area contributed by atoms with Gasteiger partial charge in [0.25, 0.3) is 0 Å². The summed E-state index contributed by atoms with van der Waals surface area (Å²) in [7, 11) is 1.26. The molecule has 0 radical (unpaired) electrons. The molecule has 7 nitrogen and oxygen atoms in total. The Kier molecular flexibility index (Phi) is 7.47. The van der Waals surface area contributed by atoms with Crippen LogP contribution >= 0.6 is 7.82 Å². The predicted molar refractivity (Wildman–Crippen MR) is 70.2 cm³/mol. The lowest BCUT2D eigenvalue weighted by atomic mass is 10.1. The number of rotatable bonds is 9. The number of carbonyl (C=O) groups excluding carboxylic acids is 1. The van der Waals surface area contributed by atoms with Gasteiger partial charge in [-0.25, -0.2) is 9.36 Å².